The fraction of sp³-hybridized carbons (Fsp3) is 0.500. The minimum Gasteiger partial charge on any atom is -0.324 e. The van der Waals surface area contributed by atoms with E-state index in [0.717, 1.165) is 6.54 Å². The first-order chi connectivity index (χ1) is 8.44. The van der Waals surface area contributed by atoms with Crippen molar-refractivity contribution in [2.24, 2.45) is 5.73 Å². The van der Waals surface area contributed by atoms with Crippen LogP contribution in [0, 0.1) is 0 Å². The van der Waals surface area contributed by atoms with E-state index in [1.54, 1.807) is 0 Å². The molecule has 0 bridgehead atoms. The average Bonchev–Trinajstić information content (AvgIpc) is 2.58. The van der Waals surface area contributed by atoms with Crippen molar-refractivity contribution in [3.63, 3.8) is 0 Å². The minimum absolute atomic E-state index is 0.183. The van der Waals surface area contributed by atoms with Gasteiger partial charge in [-0.2, -0.15) is 0 Å². The third-order valence-corrected chi connectivity index (χ3v) is 2.93. The number of benzene rings is 1. The molecule has 1 amide bonds. The highest BCUT2D eigenvalue weighted by Gasteiger charge is 2.29. The van der Waals surface area contributed by atoms with Crippen LogP contribution < -0.4 is 5.73 Å². The molecule has 1 aromatic rings. The van der Waals surface area contributed by atoms with Crippen molar-refractivity contribution in [3.8, 4) is 0 Å². The smallest absolute Gasteiger partial charge is 0.238 e. The molecule has 1 heterocycles. The number of carbonyl (C=O) groups is 1. The molecular formula is C14H21N3O. The highest BCUT2D eigenvalue weighted by molar-refractivity contribution is 5.80. The van der Waals surface area contributed by atoms with E-state index in [9.17, 15) is 4.79 Å². The Morgan fingerprint density at radius 1 is 1.28 bits per heavy atom. The fourth-order valence-corrected chi connectivity index (χ4v) is 2.29. The second kappa shape index (κ2) is 5.08. The standard InChI is InChI=1S/C14H21N3O/c1-14(2,15)10-16-9-13(18)17(11-16)8-12-6-4-3-5-7-12/h3-7H,8-11,15H2,1-2H3. The average molecular weight is 247 g/mol. The van der Waals surface area contributed by atoms with Crippen molar-refractivity contribution >= 4 is 5.91 Å². The quantitative estimate of drug-likeness (QED) is 0.864. The van der Waals surface area contributed by atoms with Gasteiger partial charge in [0.25, 0.3) is 0 Å². The van der Waals surface area contributed by atoms with Gasteiger partial charge in [-0.05, 0) is 19.4 Å². The van der Waals surface area contributed by atoms with Gasteiger partial charge in [0.1, 0.15) is 0 Å². The van der Waals surface area contributed by atoms with Gasteiger partial charge in [0.15, 0.2) is 0 Å². The molecule has 1 aromatic carbocycles. The van der Waals surface area contributed by atoms with Crippen LogP contribution in [0.25, 0.3) is 0 Å². The van der Waals surface area contributed by atoms with E-state index in [2.05, 4.69) is 4.90 Å². The summed E-state index contributed by atoms with van der Waals surface area (Å²) in [4.78, 5) is 15.9. The first kappa shape index (κ1) is 13.1. The molecule has 4 heteroatoms. The van der Waals surface area contributed by atoms with E-state index in [4.69, 9.17) is 5.73 Å². The number of rotatable bonds is 4. The van der Waals surface area contributed by atoms with Gasteiger partial charge in [-0.15, -0.1) is 0 Å². The highest BCUT2D eigenvalue weighted by Crippen LogP contribution is 2.13. The van der Waals surface area contributed by atoms with Gasteiger partial charge in [0.2, 0.25) is 5.91 Å². The van der Waals surface area contributed by atoms with Crippen LogP contribution in [-0.4, -0.2) is 41.0 Å². The number of nitrogens with two attached hydrogens (primary N) is 1. The Kier molecular flexibility index (Phi) is 3.68. The first-order valence-corrected chi connectivity index (χ1v) is 6.27. The Morgan fingerprint density at radius 2 is 1.94 bits per heavy atom. The zero-order valence-electron chi connectivity index (χ0n) is 11.1. The maximum absolute atomic E-state index is 11.9. The zero-order chi connectivity index (χ0) is 13.2. The van der Waals surface area contributed by atoms with Gasteiger partial charge in [-0.25, -0.2) is 0 Å². The maximum Gasteiger partial charge on any atom is 0.238 e. The number of hydrogen-bond acceptors (Lipinski definition) is 3. The van der Waals surface area contributed by atoms with Crippen LogP contribution in [0.1, 0.15) is 19.4 Å². The van der Waals surface area contributed by atoms with E-state index in [1.807, 2.05) is 49.1 Å². The van der Waals surface area contributed by atoms with E-state index in [-0.39, 0.29) is 11.4 Å². The molecule has 1 saturated heterocycles. The van der Waals surface area contributed by atoms with Gasteiger partial charge in [0, 0.05) is 18.6 Å². The molecule has 4 nitrogen and oxygen atoms in total. The summed E-state index contributed by atoms with van der Waals surface area (Å²) in [5.74, 6) is 0.183. The van der Waals surface area contributed by atoms with E-state index in [0.29, 0.717) is 19.8 Å². The zero-order valence-corrected chi connectivity index (χ0v) is 11.1. The van der Waals surface area contributed by atoms with Gasteiger partial charge in [0.05, 0.1) is 13.2 Å². The molecule has 0 unspecified atom stereocenters. The van der Waals surface area contributed by atoms with Crippen molar-refractivity contribution in [1.82, 2.24) is 9.80 Å². The maximum atomic E-state index is 11.9. The molecule has 0 atom stereocenters. The largest absolute Gasteiger partial charge is 0.324 e. The summed E-state index contributed by atoms with van der Waals surface area (Å²) in [6, 6.07) is 10.1. The molecule has 0 aromatic heterocycles. The van der Waals surface area contributed by atoms with Gasteiger partial charge in [-0.3, -0.25) is 9.69 Å². The Labute approximate surface area is 108 Å². The van der Waals surface area contributed by atoms with Crippen LogP contribution in [0.2, 0.25) is 0 Å². The fourth-order valence-electron chi connectivity index (χ4n) is 2.29. The molecule has 1 aliphatic heterocycles. The Balaban J connectivity index is 1.94. The van der Waals surface area contributed by atoms with Crippen molar-refractivity contribution < 1.29 is 4.79 Å². The Morgan fingerprint density at radius 3 is 2.56 bits per heavy atom. The van der Waals surface area contributed by atoms with Crippen LogP contribution in [-0.2, 0) is 11.3 Å². The summed E-state index contributed by atoms with van der Waals surface area (Å²) in [6.45, 7) is 6.54. The monoisotopic (exact) mass is 247 g/mol. The van der Waals surface area contributed by atoms with E-state index >= 15 is 0 Å². The summed E-state index contributed by atoms with van der Waals surface area (Å²) < 4.78 is 0. The van der Waals surface area contributed by atoms with Crippen LogP contribution in [0.4, 0.5) is 0 Å². The molecule has 0 aliphatic carbocycles. The number of hydrogen-bond donors (Lipinski definition) is 1. The number of amides is 1. The lowest BCUT2D eigenvalue weighted by atomic mass is 10.1. The van der Waals surface area contributed by atoms with E-state index in [1.165, 1.54) is 5.56 Å². The summed E-state index contributed by atoms with van der Waals surface area (Å²) >= 11 is 0. The van der Waals surface area contributed by atoms with Gasteiger partial charge in [-0.1, -0.05) is 30.3 Å². The molecular weight excluding hydrogens is 226 g/mol. The number of nitrogens with zero attached hydrogens (tertiary/aromatic N) is 2. The molecule has 2 rings (SSSR count). The summed E-state index contributed by atoms with van der Waals surface area (Å²) in [5, 5.41) is 0. The predicted octanol–water partition coefficient (Wildman–Crippen LogP) is 1.03. The highest BCUT2D eigenvalue weighted by atomic mass is 16.2. The Hall–Kier alpha value is -1.39. The molecule has 2 N–H and O–H groups in total. The second-order valence-electron chi connectivity index (χ2n) is 5.69. The number of carbonyl (C=O) groups excluding carboxylic acids is 1. The van der Waals surface area contributed by atoms with Crippen molar-refractivity contribution in [2.75, 3.05) is 19.8 Å². The van der Waals surface area contributed by atoms with Crippen LogP contribution >= 0.6 is 0 Å². The molecule has 1 aliphatic rings. The lowest BCUT2D eigenvalue weighted by molar-refractivity contribution is -0.127. The molecule has 1 fully saturated rings. The first-order valence-electron chi connectivity index (χ1n) is 6.27. The topological polar surface area (TPSA) is 49.6 Å². The second-order valence-corrected chi connectivity index (χ2v) is 5.69. The van der Waals surface area contributed by atoms with Crippen LogP contribution in [0.15, 0.2) is 30.3 Å². The summed E-state index contributed by atoms with van der Waals surface area (Å²) in [6.07, 6.45) is 0. The molecule has 98 valence electrons. The predicted molar refractivity (Wildman–Crippen MR) is 71.7 cm³/mol. The molecule has 18 heavy (non-hydrogen) atoms. The normalized spacial score (nSPS) is 17.5. The van der Waals surface area contributed by atoms with Crippen molar-refractivity contribution in [3.05, 3.63) is 35.9 Å². The third kappa shape index (κ3) is 3.55. The third-order valence-electron chi connectivity index (χ3n) is 2.93. The summed E-state index contributed by atoms with van der Waals surface area (Å²) in [7, 11) is 0. The molecule has 0 radical (unpaired) electrons. The minimum atomic E-state index is -0.261. The van der Waals surface area contributed by atoms with E-state index < -0.39 is 0 Å². The lowest BCUT2D eigenvalue weighted by Crippen LogP contribution is -2.45. The van der Waals surface area contributed by atoms with Crippen molar-refractivity contribution in [1.29, 1.82) is 0 Å². The molecule has 0 saturated carbocycles. The van der Waals surface area contributed by atoms with Crippen LogP contribution in [0.3, 0.4) is 0 Å². The summed E-state index contributed by atoms with van der Waals surface area (Å²) in [5.41, 5.74) is 6.89. The van der Waals surface area contributed by atoms with Gasteiger partial charge >= 0.3 is 0 Å². The van der Waals surface area contributed by atoms with Crippen molar-refractivity contribution in [2.45, 2.75) is 25.9 Å². The Bertz CT molecular complexity index is 411. The SMILES string of the molecule is CC(C)(N)CN1CC(=O)N(Cc2ccccc2)C1. The van der Waals surface area contributed by atoms with Crippen LogP contribution in [0.5, 0.6) is 0 Å². The van der Waals surface area contributed by atoms with Gasteiger partial charge < -0.3 is 10.6 Å². The molecule has 0 spiro atoms. The lowest BCUT2D eigenvalue weighted by Gasteiger charge is -2.25.